The number of anilines is 2. The summed E-state index contributed by atoms with van der Waals surface area (Å²) in [5, 5.41) is 16.2. The Labute approximate surface area is 179 Å². The third-order valence-electron chi connectivity index (χ3n) is 4.77. The Morgan fingerprint density at radius 1 is 1.10 bits per heavy atom. The van der Waals surface area contributed by atoms with Crippen molar-refractivity contribution in [1.29, 1.82) is 0 Å². The number of aromatic carboxylic acids is 1. The van der Waals surface area contributed by atoms with Crippen LogP contribution in [0.25, 0.3) is 0 Å². The summed E-state index contributed by atoms with van der Waals surface area (Å²) >= 11 is 6.99. The van der Waals surface area contributed by atoms with E-state index < -0.39 is 5.97 Å². The smallest absolute Gasteiger partial charge is 0.341 e. The number of hydrogen-bond acceptors (Lipinski definition) is 5. The first-order valence-corrected chi connectivity index (χ1v) is 10.9. The number of carbonyl (C=O) groups excluding carboxylic acids is 1. The van der Waals surface area contributed by atoms with E-state index in [9.17, 15) is 9.59 Å². The first-order chi connectivity index (χ1) is 14.0. The molecule has 0 bridgehead atoms. The number of benzene rings is 1. The third-order valence-corrected chi connectivity index (χ3v) is 6.18. The van der Waals surface area contributed by atoms with E-state index in [4.69, 9.17) is 22.1 Å². The van der Waals surface area contributed by atoms with Gasteiger partial charge >= 0.3 is 11.9 Å². The number of thiophene rings is 1. The van der Waals surface area contributed by atoms with Crippen molar-refractivity contribution < 1.29 is 19.4 Å². The van der Waals surface area contributed by atoms with E-state index in [0.717, 1.165) is 31.2 Å². The summed E-state index contributed by atoms with van der Waals surface area (Å²) in [6.07, 6.45) is 6.40. The molecule has 154 valence electrons. The first-order valence-electron chi connectivity index (χ1n) is 9.72. The molecule has 0 aliphatic heterocycles. The number of esters is 1. The van der Waals surface area contributed by atoms with Gasteiger partial charge in [-0.3, -0.25) is 0 Å². The Kier molecular flexibility index (Phi) is 7.22. The molecule has 8 heteroatoms. The van der Waals surface area contributed by atoms with Crippen LogP contribution in [-0.2, 0) is 17.6 Å². The number of hydrogen-bond donors (Lipinski definition) is 3. The molecule has 1 heterocycles. The second-order valence-electron chi connectivity index (χ2n) is 6.80. The lowest BCUT2D eigenvalue weighted by Crippen LogP contribution is -2.20. The van der Waals surface area contributed by atoms with Gasteiger partial charge in [-0.05, 0) is 74.7 Å². The fourth-order valence-electron chi connectivity index (χ4n) is 3.39. The van der Waals surface area contributed by atoms with Gasteiger partial charge < -0.3 is 20.5 Å². The molecule has 29 heavy (non-hydrogen) atoms. The SMILES string of the molecule is CCOC(=O)c1c(NC(=S)Nc2ccc(C(=O)O)cc2)sc2c1CCCCCC2. The minimum atomic E-state index is -0.979. The maximum absolute atomic E-state index is 12.7. The van der Waals surface area contributed by atoms with Crippen LogP contribution in [0.5, 0.6) is 0 Å². The zero-order valence-electron chi connectivity index (χ0n) is 16.2. The Morgan fingerprint density at radius 3 is 2.45 bits per heavy atom. The van der Waals surface area contributed by atoms with Crippen molar-refractivity contribution in [2.75, 3.05) is 17.2 Å². The maximum Gasteiger partial charge on any atom is 0.341 e. The predicted octanol–water partition coefficient (Wildman–Crippen LogP) is 5.09. The summed E-state index contributed by atoms with van der Waals surface area (Å²) in [5.74, 6) is -1.30. The van der Waals surface area contributed by atoms with Gasteiger partial charge in [0.05, 0.1) is 17.7 Å². The molecule has 0 amide bonds. The Hall–Kier alpha value is -2.45. The molecule has 6 nitrogen and oxygen atoms in total. The van der Waals surface area contributed by atoms with E-state index in [1.54, 1.807) is 30.4 Å². The molecule has 0 unspecified atom stereocenters. The van der Waals surface area contributed by atoms with Gasteiger partial charge in [0.25, 0.3) is 0 Å². The number of rotatable bonds is 5. The van der Waals surface area contributed by atoms with E-state index in [2.05, 4.69) is 10.6 Å². The van der Waals surface area contributed by atoms with Gasteiger partial charge in [0.1, 0.15) is 5.00 Å². The second kappa shape index (κ2) is 9.84. The third kappa shape index (κ3) is 5.33. The van der Waals surface area contributed by atoms with Crippen LogP contribution in [0.1, 0.15) is 63.8 Å². The largest absolute Gasteiger partial charge is 0.478 e. The van der Waals surface area contributed by atoms with Crippen LogP contribution >= 0.6 is 23.6 Å². The van der Waals surface area contributed by atoms with E-state index in [1.807, 2.05) is 0 Å². The van der Waals surface area contributed by atoms with Crippen LogP contribution in [-0.4, -0.2) is 28.8 Å². The number of carboxylic acid groups (broad SMARTS) is 1. The number of carbonyl (C=O) groups is 2. The number of carboxylic acids is 1. The minimum Gasteiger partial charge on any atom is -0.478 e. The van der Waals surface area contributed by atoms with Gasteiger partial charge in [-0.1, -0.05) is 12.8 Å². The molecular weight excluding hydrogens is 408 g/mol. The monoisotopic (exact) mass is 432 g/mol. The van der Waals surface area contributed by atoms with Gasteiger partial charge in [0.15, 0.2) is 5.11 Å². The van der Waals surface area contributed by atoms with Crippen LogP contribution < -0.4 is 10.6 Å². The molecule has 0 fully saturated rings. The molecule has 1 aliphatic rings. The van der Waals surface area contributed by atoms with Crippen molar-refractivity contribution in [1.82, 2.24) is 0 Å². The summed E-state index contributed by atoms with van der Waals surface area (Å²) in [4.78, 5) is 24.9. The molecule has 3 rings (SSSR count). The summed E-state index contributed by atoms with van der Waals surface area (Å²) < 4.78 is 5.31. The Bertz CT molecular complexity index is 906. The number of fused-ring (bicyclic) bond motifs is 1. The lowest BCUT2D eigenvalue weighted by atomic mass is 9.96. The van der Waals surface area contributed by atoms with Gasteiger partial charge in [0.2, 0.25) is 0 Å². The highest BCUT2D eigenvalue weighted by atomic mass is 32.1. The highest BCUT2D eigenvalue weighted by Crippen LogP contribution is 2.37. The molecular formula is C21H24N2O4S2. The van der Waals surface area contributed by atoms with Gasteiger partial charge in [0, 0.05) is 10.6 Å². The molecule has 0 atom stereocenters. The van der Waals surface area contributed by atoms with E-state index in [-0.39, 0.29) is 11.5 Å². The molecule has 0 radical (unpaired) electrons. The van der Waals surface area contributed by atoms with Gasteiger partial charge in [-0.15, -0.1) is 11.3 Å². The fraction of sp³-hybridized carbons (Fsp3) is 0.381. The maximum atomic E-state index is 12.7. The molecule has 1 aromatic heterocycles. The lowest BCUT2D eigenvalue weighted by Gasteiger charge is -2.12. The molecule has 0 spiro atoms. The second-order valence-corrected chi connectivity index (χ2v) is 8.32. The normalized spacial score (nSPS) is 13.6. The van der Waals surface area contributed by atoms with Crippen LogP contribution in [0.2, 0.25) is 0 Å². The summed E-state index contributed by atoms with van der Waals surface area (Å²) in [7, 11) is 0. The summed E-state index contributed by atoms with van der Waals surface area (Å²) in [6, 6.07) is 6.32. The van der Waals surface area contributed by atoms with Crippen LogP contribution in [0.3, 0.4) is 0 Å². The highest BCUT2D eigenvalue weighted by molar-refractivity contribution is 7.80. The number of aryl methyl sites for hydroxylation is 1. The van der Waals surface area contributed by atoms with Crippen LogP contribution in [0.4, 0.5) is 10.7 Å². The van der Waals surface area contributed by atoms with Crippen molar-refractivity contribution in [2.45, 2.75) is 45.4 Å². The Balaban J connectivity index is 1.81. The number of thiocarbonyl (C=S) groups is 1. The highest BCUT2D eigenvalue weighted by Gasteiger charge is 2.25. The topological polar surface area (TPSA) is 87.7 Å². The molecule has 1 aliphatic carbocycles. The van der Waals surface area contributed by atoms with Crippen molar-refractivity contribution in [2.24, 2.45) is 0 Å². The van der Waals surface area contributed by atoms with E-state index >= 15 is 0 Å². The lowest BCUT2D eigenvalue weighted by molar-refractivity contribution is 0.0526. The zero-order chi connectivity index (χ0) is 20.8. The van der Waals surface area contributed by atoms with Crippen molar-refractivity contribution >= 4 is 51.3 Å². The van der Waals surface area contributed by atoms with Gasteiger partial charge in [-0.25, -0.2) is 9.59 Å². The van der Waals surface area contributed by atoms with Crippen LogP contribution in [0.15, 0.2) is 24.3 Å². The van der Waals surface area contributed by atoms with Crippen molar-refractivity contribution in [3.8, 4) is 0 Å². The van der Waals surface area contributed by atoms with Gasteiger partial charge in [-0.2, -0.15) is 0 Å². The van der Waals surface area contributed by atoms with E-state index in [0.29, 0.717) is 28.0 Å². The molecule has 0 saturated heterocycles. The number of nitrogens with one attached hydrogen (secondary N) is 2. The predicted molar refractivity (Wildman–Crippen MR) is 119 cm³/mol. The zero-order valence-corrected chi connectivity index (χ0v) is 17.9. The summed E-state index contributed by atoms with van der Waals surface area (Å²) in [5.41, 5.74) is 2.56. The fourth-order valence-corrected chi connectivity index (χ4v) is 4.95. The Morgan fingerprint density at radius 2 is 1.79 bits per heavy atom. The number of ether oxygens (including phenoxy) is 1. The average Bonchev–Trinajstić information content (AvgIpc) is 2.98. The minimum absolute atomic E-state index is 0.206. The molecule has 1 aromatic carbocycles. The standard InChI is InChI=1S/C21H24N2O4S2/c1-2-27-20(26)17-15-7-5-3-4-6-8-16(15)29-18(17)23-21(28)22-14-11-9-13(10-12-14)19(24)25/h9-12H,2-8H2,1H3,(H,24,25)(H2,22,23,28). The molecule has 2 aromatic rings. The first kappa shape index (κ1) is 21.3. The summed E-state index contributed by atoms with van der Waals surface area (Å²) in [6.45, 7) is 2.12. The van der Waals surface area contributed by atoms with E-state index in [1.165, 1.54) is 29.9 Å². The average molecular weight is 433 g/mol. The van der Waals surface area contributed by atoms with Crippen molar-refractivity contribution in [3.05, 3.63) is 45.8 Å². The molecule has 0 saturated carbocycles. The van der Waals surface area contributed by atoms with Crippen LogP contribution in [0, 0.1) is 0 Å². The quantitative estimate of drug-likeness (QED) is 0.448. The van der Waals surface area contributed by atoms with Crippen molar-refractivity contribution in [3.63, 3.8) is 0 Å². The molecule has 3 N–H and O–H groups in total.